The number of amides is 1. The first-order valence-corrected chi connectivity index (χ1v) is 12.2. The molecule has 3 aromatic carbocycles. The molecule has 0 aliphatic heterocycles. The van der Waals surface area contributed by atoms with E-state index in [-0.39, 0.29) is 17.5 Å². The SMILES string of the molecule is CCC(C)n1c(SC(C)C(=O)Nc2ccc(Oc3ccccc3)cc2)nc2ccccc2c1=O. The third kappa shape index (κ3) is 5.31. The van der Waals surface area contributed by atoms with Crippen LogP contribution >= 0.6 is 11.8 Å². The number of fused-ring (bicyclic) bond motifs is 1. The summed E-state index contributed by atoms with van der Waals surface area (Å²) < 4.78 is 7.50. The van der Waals surface area contributed by atoms with E-state index in [0.29, 0.717) is 27.5 Å². The average Bonchev–Trinajstić information content (AvgIpc) is 2.85. The molecule has 1 aromatic heterocycles. The van der Waals surface area contributed by atoms with Gasteiger partial charge in [0.05, 0.1) is 16.2 Å². The Bertz CT molecular complexity index is 1340. The second-order valence-electron chi connectivity index (χ2n) is 8.03. The number of hydrogen-bond donors (Lipinski definition) is 1. The third-order valence-electron chi connectivity index (χ3n) is 5.56. The number of ether oxygens (including phenoxy) is 1. The van der Waals surface area contributed by atoms with E-state index in [2.05, 4.69) is 5.32 Å². The topological polar surface area (TPSA) is 73.2 Å². The fourth-order valence-electron chi connectivity index (χ4n) is 3.47. The number of rotatable bonds is 8. The molecule has 174 valence electrons. The lowest BCUT2D eigenvalue weighted by molar-refractivity contribution is -0.115. The summed E-state index contributed by atoms with van der Waals surface area (Å²) in [5, 5.41) is 3.62. The number of nitrogens with zero attached hydrogens (tertiary/aromatic N) is 2. The molecule has 0 radical (unpaired) electrons. The lowest BCUT2D eigenvalue weighted by Gasteiger charge is -2.20. The molecule has 1 N–H and O–H groups in total. The van der Waals surface area contributed by atoms with Crippen molar-refractivity contribution in [1.82, 2.24) is 9.55 Å². The Morgan fingerprint density at radius 1 is 0.971 bits per heavy atom. The number of para-hydroxylation sites is 2. The molecule has 0 aliphatic rings. The van der Waals surface area contributed by atoms with Gasteiger partial charge in [0, 0.05) is 11.7 Å². The summed E-state index contributed by atoms with van der Waals surface area (Å²) in [5.41, 5.74) is 1.23. The van der Waals surface area contributed by atoms with Crippen LogP contribution in [0, 0.1) is 0 Å². The van der Waals surface area contributed by atoms with Crippen LogP contribution in [0.2, 0.25) is 0 Å². The molecule has 0 aliphatic carbocycles. The maximum Gasteiger partial charge on any atom is 0.262 e. The van der Waals surface area contributed by atoms with Crippen LogP contribution < -0.4 is 15.6 Å². The highest BCUT2D eigenvalue weighted by molar-refractivity contribution is 8.00. The first-order chi connectivity index (χ1) is 16.5. The number of nitrogens with one attached hydrogen (secondary N) is 1. The van der Waals surface area contributed by atoms with Gasteiger partial charge in [-0.3, -0.25) is 14.2 Å². The van der Waals surface area contributed by atoms with Crippen molar-refractivity contribution in [2.24, 2.45) is 0 Å². The van der Waals surface area contributed by atoms with Crippen molar-refractivity contribution in [2.45, 2.75) is 43.6 Å². The zero-order chi connectivity index (χ0) is 24.1. The zero-order valence-corrected chi connectivity index (χ0v) is 20.2. The highest BCUT2D eigenvalue weighted by atomic mass is 32.2. The van der Waals surface area contributed by atoms with Gasteiger partial charge in [0.2, 0.25) is 5.91 Å². The van der Waals surface area contributed by atoms with Crippen molar-refractivity contribution in [3.05, 3.63) is 89.2 Å². The van der Waals surface area contributed by atoms with Gasteiger partial charge in [-0.05, 0) is 68.8 Å². The second kappa shape index (κ2) is 10.6. The van der Waals surface area contributed by atoms with Gasteiger partial charge in [-0.2, -0.15) is 0 Å². The molecule has 2 atom stereocenters. The summed E-state index contributed by atoms with van der Waals surface area (Å²) in [5.74, 6) is 1.27. The predicted octanol–water partition coefficient (Wildman–Crippen LogP) is 6.28. The standard InChI is InChI=1S/C27H27N3O3S/c1-4-18(2)30-26(32)23-12-8-9-13-24(23)29-27(30)34-19(3)25(31)28-20-14-16-22(17-15-20)33-21-10-6-5-7-11-21/h5-19H,4H2,1-3H3,(H,28,31). The van der Waals surface area contributed by atoms with Gasteiger partial charge in [-0.25, -0.2) is 4.98 Å². The number of thioether (sulfide) groups is 1. The van der Waals surface area contributed by atoms with Crippen molar-refractivity contribution in [1.29, 1.82) is 0 Å². The summed E-state index contributed by atoms with van der Waals surface area (Å²) in [4.78, 5) is 30.8. The normalized spacial score (nSPS) is 12.8. The van der Waals surface area contributed by atoms with Crippen LogP contribution in [0.4, 0.5) is 5.69 Å². The smallest absolute Gasteiger partial charge is 0.262 e. The Morgan fingerprint density at radius 2 is 1.62 bits per heavy atom. The Kier molecular flexibility index (Phi) is 7.33. The molecule has 4 rings (SSSR count). The Morgan fingerprint density at radius 3 is 2.32 bits per heavy atom. The minimum absolute atomic E-state index is 0.0282. The van der Waals surface area contributed by atoms with Crippen LogP contribution in [0.1, 0.15) is 33.2 Å². The quantitative estimate of drug-likeness (QED) is 0.241. The summed E-state index contributed by atoms with van der Waals surface area (Å²) in [6, 6.07) is 24.0. The van der Waals surface area contributed by atoms with E-state index in [0.717, 1.165) is 12.2 Å². The molecule has 0 bridgehead atoms. The van der Waals surface area contributed by atoms with Crippen molar-refractivity contribution in [3.8, 4) is 11.5 Å². The Labute approximate surface area is 203 Å². The molecular weight excluding hydrogens is 446 g/mol. The molecule has 1 heterocycles. The van der Waals surface area contributed by atoms with Crippen LogP contribution in [-0.4, -0.2) is 20.7 Å². The molecule has 6 nitrogen and oxygen atoms in total. The van der Waals surface area contributed by atoms with E-state index in [1.807, 2.05) is 81.4 Å². The van der Waals surface area contributed by atoms with Gasteiger partial charge in [0.25, 0.3) is 5.56 Å². The number of aromatic nitrogens is 2. The third-order valence-corrected chi connectivity index (χ3v) is 6.63. The molecule has 0 saturated carbocycles. The molecule has 7 heteroatoms. The largest absolute Gasteiger partial charge is 0.457 e. The van der Waals surface area contributed by atoms with E-state index < -0.39 is 5.25 Å². The molecule has 0 spiro atoms. The molecule has 2 unspecified atom stereocenters. The van der Waals surface area contributed by atoms with Crippen LogP contribution in [0.25, 0.3) is 10.9 Å². The summed E-state index contributed by atoms with van der Waals surface area (Å²) in [6.45, 7) is 5.84. The second-order valence-corrected chi connectivity index (χ2v) is 9.34. The van der Waals surface area contributed by atoms with Crippen molar-refractivity contribution in [2.75, 3.05) is 5.32 Å². The molecule has 0 saturated heterocycles. The Balaban J connectivity index is 1.49. The number of carbonyl (C=O) groups is 1. The molecule has 4 aromatic rings. The lowest BCUT2D eigenvalue weighted by Crippen LogP contribution is -2.28. The van der Waals surface area contributed by atoms with Gasteiger partial charge >= 0.3 is 0 Å². The average molecular weight is 474 g/mol. The van der Waals surface area contributed by atoms with Crippen LogP contribution in [0.3, 0.4) is 0 Å². The van der Waals surface area contributed by atoms with E-state index in [4.69, 9.17) is 9.72 Å². The maximum atomic E-state index is 13.2. The number of benzene rings is 3. The first kappa shape index (κ1) is 23.6. The van der Waals surface area contributed by atoms with Crippen LogP contribution in [-0.2, 0) is 4.79 Å². The van der Waals surface area contributed by atoms with Crippen molar-refractivity contribution >= 4 is 34.3 Å². The zero-order valence-electron chi connectivity index (χ0n) is 19.4. The Hall–Kier alpha value is -3.58. The first-order valence-electron chi connectivity index (χ1n) is 11.3. The van der Waals surface area contributed by atoms with Gasteiger partial charge in [0.15, 0.2) is 5.16 Å². The fraction of sp³-hybridized carbons (Fsp3) is 0.222. The van der Waals surface area contributed by atoms with Gasteiger partial charge < -0.3 is 10.1 Å². The van der Waals surface area contributed by atoms with Gasteiger partial charge in [0.1, 0.15) is 11.5 Å². The summed E-state index contributed by atoms with van der Waals surface area (Å²) in [7, 11) is 0. The van der Waals surface area contributed by atoms with Crippen molar-refractivity contribution < 1.29 is 9.53 Å². The summed E-state index contributed by atoms with van der Waals surface area (Å²) in [6.07, 6.45) is 0.783. The highest BCUT2D eigenvalue weighted by Gasteiger charge is 2.21. The van der Waals surface area contributed by atoms with E-state index in [1.165, 1.54) is 11.8 Å². The summed E-state index contributed by atoms with van der Waals surface area (Å²) >= 11 is 1.29. The van der Waals surface area contributed by atoms with Crippen molar-refractivity contribution in [3.63, 3.8) is 0 Å². The number of anilines is 1. The van der Waals surface area contributed by atoms with E-state index >= 15 is 0 Å². The van der Waals surface area contributed by atoms with Crippen LogP contribution in [0.5, 0.6) is 11.5 Å². The van der Waals surface area contributed by atoms with Gasteiger partial charge in [-0.1, -0.05) is 49.0 Å². The monoisotopic (exact) mass is 473 g/mol. The van der Waals surface area contributed by atoms with E-state index in [1.54, 1.807) is 22.8 Å². The lowest BCUT2D eigenvalue weighted by atomic mass is 10.2. The minimum atomic E-state index is -0.455. The highest BCUT2D eigenvalue weighted by Crippen LogP contribution is 2.27. The maximum absolute atomic E-state index is 13.2. The predicted molar refractivity (Wildman–Crippen MR) is 138 cm³/mol. The van der Waals surface area contributed by atoms with E-state index in [9.17, 15) is 9.59 Å². The number of carbonyl (C=O) groups excluding carboxylic acids is 1. The molecular formula is C27H27N3O3S. The number of hydrogen-bond acceptors (Lipinski definition) is 5. The minimum Gasteiger partial charge on any atom is -0.457 e. The van der Waals surface area contributed by atoms with Crippen LogP contribution in [0.15, 0.2) is 88.8 Å². The molecule has 1 amide bonds. The fourth-order valence-corrected chi connectivity index (χ4v) is 4.48. The molecule has 0 fully saturated rings. The molecule has 34 heavy (non-hydrogen) atoms. The van der Waals surface area contributed by atoms with Gasteiger partial charge in [-0.15, -0.1) is 0 Å².